The van der Waals surface area contributed by atoms with Crippen molar-refractivity contribution in [2.45, 2.75) is 32.3 Å². The van der Waals surface area contributed by atoms with Crippen LogP contribution in [0.2, 0.25) is 0 Å². The summed E-state index contributed by atoms with van der Waals surface area (Å²) in [5, 5.41) is 10.1. The third-order valence-electron chi connectivity index (χ3n) is 2.37. The van der Waals surface area contributed by atoms with Crippen molar-refractivity contribution >= 4 is 15.9 Å². The van der Waals surface area contributed by atoms with Crippen molar-refractivity contribution in [2.24, 2.45) is 0 Å². The summed E-state index contributed by atoms with van der Waals surface area (Å²) < 4.78 is 0.936. The number of aliphatic hydroxyl groups is 1. The second-order valence-electron chi connectivity index (χ2n) is 3.10. The van der Waals surface area contributed by atoms with E-state index in [2.05, 4.69) is 20.9 Å². The molecule has 0 bridgehead atoms. The Balaban J connectivity index is 2.99. The molecule has 0 aromatic carbocycles. The third-order valence-corrected chi connectivity index (χ3v) is 2.84. The first-order valence-electron chi connectivity index (χ1n) is 4.47. The Morgan fingerprint density at radius 1 is 1.38 bits per heavy atom. The second-order valence-corrected chi connectivity index (χ2v) is 4.02. The van der Waals surface area contributed by atoms with E-state index in [0.717, 1.165) is 10.2 Å². The zero-order chi connectivity index (χ0) is 9.90. The SMILES string of the molecule is CCC(O)(CC)c1ccc(Br)cn1. The molecule has 0 unspecified atom stereocenters. The van der Waals surface area contributed by atoms with Gasteiger partial charge in [-0.3, -0.25) is 4.98 Å². The number of nitrogens with zero attached hydrogens (tertiary/aromatic N) is 1. The zero-order valence-electron chi connectivity index (χ0n) is 7.92. The maximum atomic E-state index is 10.1. The summed E-state index contributed by atoms with van der Waals surface area (Å²) in [4.78, 5) is 4.20. The maximum Gasteiger partial charge on any atom is 0.106 e. The van der Waals surface area contributed by atoms with Crippen LogP contribution in [0.5, 0.6) is 0 Å². The number of hydrogen-bond donors (Lipinski definition) is 1. The van der Waals surface area contributed by atoms with Crippen molar-refractivity contribution in [3.63, 3.8) is 0 Å². The molecule has 1 N–H and O–H groups in total. The normalized spacial score (nSPS) is 11.7. The summed E-state index contributed by atoms with van der Waals surface area (Å²) in [6.45, 7) is 3.93. The lowest BCUT2D eigenvalue weighted by atomic mass is 9.93. The molecule has 0 aliphatic carbocycles. The van der Waals surface area contributed by atoms with Crippen LogP contribution in [-0.4, -0.2) is 10.1 Å². The van der Waals surface area contributed by atoms with E-state index in [9.17, 15) is 5.11 Å². The molecule has 0 amide bonds. The van der Waals surface area contributed by atoms with E-state index in [4.69, 9.17) is 0 Å². The van der Waals surface area contributed by atoms with Gasteiger partial charge in [-0.1, -0.05) is 13.8 Å². The minimum absolute atomic E-state index is 0.693. The van der Waals surface area contributed by atoms with Crippen LogP contribution in [-0.2, 0) is 5.60 Å². The highest BCUT2D eigenvalue weighted by molar-refractivity contribution is 9.10. The Bertz CT molecular complexity index is 267. The van der Waals surface area contributed by atoms with Crippen LogP contribution in [0.3, 0.4) is 0 Å². The lowest BCUT2D eigenvalue weighted by Crippen LogP contribution is -2.24. The van der Waals surface area contributed by atoms with Gasteiger partial charge in [0.1, 0.15) is 5.60 Å². The molecular formula is C10H14BrNO. The van der Waals surface area contributed by atoms with Crippen LogP contribution >= 0.6 is 15.9 Å². The molecule has 0 saturated carbocycles. The molecule has 0 saturated heterocycles. The highest BCUT2D eigenvalue weighted by Crippen LogP contribution is 2.27. The monoisotopic (exact) mass is 243 g/mol. The quantitative estimate of drug-likeness (QED) is 0.886. The molecule has 1 heterocycles. The van der Waals surface area contributed by atoms with E-state index in [1.54, 1.807) is 6.20 Å². The first-order chi connectivity index (χ1) is 6.12. The minimum Gasteiger partial charge on any atom is -0.384 e. The van der Waals surface area contributed by atoms with E-state index in [1.807, 2.05) is 26.0 Å². The second kappa shape index (κ2) is 4.20. The van der Waals surface area contributed by atoms with Crippen molar-refractivity contribution in [2.75, 3.05) is 0 Å². The molecule has 0 aliphatic rings. The summed E-state index contributed by atoms with van der Waals surface area (Å²) in [6, 6.07) is 3.76. The van der Waals surface area contributed by atoms with E-state index in [1.165, 1.54) is 0 Å². The Hall–Kier alpha value is -0.410. The van der Waals surface area contributed by atoms with E-state index in [-0.39, 0.29) is 0 Å². The Morgan fingerprint density at radius 2 is 2.00 bits per heavy atom. The van der Waals surface area contributed by atoms with Crippen molar-refractivity contribution in [1.29, 1.82) is 0 Å². The Morgan fingerprint density at radius 3 is 2.38 bits per heavy atom. The van der Waals surface area contributed by atoms with Crippen LogP contribution in [0, 0.1) is 0 Å². The van der Waals surface area contributed by atoms with Gasteiger partial charge in [0, 0.05) is 10.7 Å². The average Bonchev–Trinajstić information content (AvgIpc) is 2.18. The van der Waals surface area contributed by atoms with Crippen LogP contribution in [0.1, 0.15) is 32.4 Å². The number of rotatable bonds is 3. The van der Waals surface area contributed by atoms with Gasteiger partial charge in [0.25, 0.3) is 0 Å². The first-order valence-corrected chi connectivity index (χ1v) is 5.26. The van der Waals surface area contributed by atoms with Crippen LogP contribution in [0.15, 0.2) is 22.8 Å². The number of hydrogen-bond acceptors (Lipinski definition) is 2. The minimum atomic E-state index is -0.763. The van der Waals surface area contributed by atoms with E-state index in [0.29, 0.717) is 12.8 Å². The Labute approximate surface area is 87.1 Å². The maximum absolute atomic E-state index is 10.1. The molecular weight excluding hydrogens is 230 g/mol. The number of halogens is 1. The molecule has 1 rings (SSSR count). The molecule has 0 atom stereocenters. The summed E-state index contributed by atoms with van der Waals surface area (Å²) >= 11 is 3.31. The molecule has 72 valence electrons. The van der Waals surface area contributed by atoms with Gasteiger partial charge in [-0.2, -0.15) is 0 Å². The molecule has 1 aromatic heterocycles. The van der Waals surface area contributed by atoms with Crippen LogP contribution in [0.4, 0.5) is 0 Å². The molecule has 2 nitrogen and oxygen atoms in total. The zero-order valence-corrected chi connectivity index (χ0v) is 9.50. The fourth-order valence-electron chi connectivity index (χ4n) is 1.26. The summed E-state index contributed by atoms with van der Waals surface area (Å²) in [6.07, 6.45) is 3.10. The highest BCUT2D eigenvalue weighted by atomic mass is 79.9. The topological polar surface area (TPSA) is 33.1 Å². The highest BCUT2D eigenvalue weighted by Gasteiger charge is 2.25. The van der Waals surface area contributed by atoms with Crippen molar-refractivity contribution < 1.29 is 5.11 Å². The van der Waals surface area contributed by atoms with Gasteiger partial charge in [-0.05, 0) is 40.9 Å². The van der Waals surface area contributed by atoms with Gasteiger partial charge in [-0.15, -0.1) is 0 Å². The number of aromatic nitrogens is 1. The largest absolute Gasteiger partial charge is 0.384 e. The molecule has 13 heavy (non-hydrogen) atoms. The fourth-order valence-corrected chi connectivity index (χ4v) is 1.50. The van der Waals surface area contributed by atoms with E-state index < -0.39 is 5.60 Å². The molecule has 0 spiro atoms. The standard InChI is InChI=1S/C10H14BrNO/c1-3-10(13,4-2)9-6-5-8(11)7-12-9/h5-7,13H,3-4H2,1-2H3. The van der Waals surface area contributed by atoms with Crippen molar-refractivity contribution in [1.82, 2.24) is 4.98 Å². The molecule has 1 aromatic rings. The number of pyridine rings is 1. The van der Waals surface area contributed by atoms with Crippen LogP contribution in [0.25, 0.3) is 0 Å². The lowest BCUT2D eigenvalue weighted by molar-refractivity contribution is 0.0240. The molecule has 0 aliphatic heterocycles. The average molecular weight is 244 g/mol. The predicted molar refractivity (Wildman–Crippen MR) is 56.4 cm³/mol. The van der Waals surface area contributed by atoms with Crippen molar-refractivity contribution in [3.8, 4) is 0 Å². The fraction of sp³-hybridized carbons (Fsp3) is 0.500. The van der Waals surface area contributed by atoms with Gasteiger partial charge in [0.15, 0.2) is 0 Å². The van der Waals surface area contributed by atoms with E-state index >= 15 is 0 Å². The smallest absolute Gasteiger partial charge is 0.106 e. The van der Waals surface area contributed by atoms with Gasteiger partial charge < -0.3 is 5.11 Å². The van der Waals surface area contributed by atoms with Gasteiger partial charge in [0.2, 0.25) is 0 Å². The van der Waals surface area contributed by atoms with Gasteiger partial charge in [0.05, 0.1) is 5.69 Å². The summed E-state index contributed by atoms with van der Waals surface area (Å²) in [5.74, 6) is 0. The first kappa shape index (κ1) is 10.7. The Kier molecular flexibility index (Phi) is 3.45. The summed E-state index contributed by atoms with van der Waals surface area (Å²) in [7, 11) is 0. The summed E-state index contributed by atoms with van der Waals surface area (Å²) in [5.41, 5.74) is -0.0125. The molecule has 0 fully saturated rings. The molecule has 3 heteroatoms. The van der Waals surface area contributed by atoms with Gasteiger partial charge >= 0.3 is 0 Å². The van der Waals surface area contributed by atoms with Gasteiger partial charge in [-0.25, -0.2) is 0 Å². The third kappa shape index (κ3) is 2.29. The predicted octanol–water partition coefficient (Wildman–Crippen LogP) is 2.85. The van der Waals surface area contributed by atoms with Crippen molar-refractivity contribution in [3.05, 3.63) is 28.5 Å². The van der Waals surface area contributed by atoms with Crippen LogP contribution < -0.4 is 0 Å². The molecule has 0 radical (unpaired) electrons. The lowest BCUT2D eigenvalue weighted by Gasteiger charge is -2.24.